The highest BCUT2D eigenvalue weighted by atomic mass is 19.4. The molecule has 144 valence electrons. The Bertz CT molecular complexity index is 710. The molecule has 0 aromatic heterocycles. The van der Waals surface area contributed by atoms with Gasteiger partial charge in [-0.05, 0) is 43.4 Å². The topological polar surface area (TPSA) is 49.8 Å². The second-order valence-corrected chi connectivity index (χ2v) is 6.89. The standard InChI is InChI=1S/C19H24F3NO3/c1-11(2)6-5-9-23-15-10-13(19(20,21)22)7-8-14(15)12(3)16(18(24)25)17(23)26-4/h7-8,10-11,17H,5-6,9H2,1-4H3,(H,24,25). The first-order valence-corrected chi connectivity index (χ1v) is 8.53. The molecule has 0 aliphatic carbocycles. The molecule has 26 heavy (non-hydrogen) atoms. The molecule has 4 nitrogen and oxygen atoms in total. The average molecular weight is 371 g/mol. The van der Waals surface area contributed by atoms with Crippen LogP contribution in [0.2, 0.25) is 0 Å². The fourth-order valence-electron chi connectivity index (χ4n) is 3.29. The van der Waals surface area contributed by atoms with E-state index in [1.54, 1.807) is 11.8 Å². The second-order valence-electron chi connectivity index (χ2n) is 6.89. The first-order valence-electron chi connectivity index (χ1n) is 8.53. The van der Waals surface area contributed by atoms with Crippen LogP contribution < -0.4 is 4.90 Å². The predicted octanol–water partition coefficient (Wildman–Crippen LogP) is 4.79. The first-order chi connectivity index (χ1) is 12.1. The van der Waals surface area contributed by atoms with Gasteiger partial charge in [0.15, 0.2) is 6.23 Å². The monoisotopic (exact) mass is 371 g/mol. The van der Waals surface area contributed by atoms with Crippen molar-refractivity contribution in [1.29, 1.82) is 0 Å². The van der Waals surface area contributed by atoms with Crippen molar-refractivity contribution in [1.82, 2.24) is 0 Å². The molecule has 0 radical (unpaired) electrons. The third-order valence-corrected chi connectivity index (χ3v) is 4.61. The Labute approximate surface area is 151 Å². The molecule has 0 amide bonds. The summed E-state index contributed by atoms with van der Waals surface area (Å²) in [6.07, 6.45) is -3.78. The maximum atomic E-state index is 13.2. The molecular weight excluding hydrogens is 347 g/mol. The number of alkyl halides is 3. The normalized spacial score (nSPS) is 17.7. The van der Waals surface area contributed by atoms with Gasteiger partial charge in [0.2, 0.25) is 0 Å². The van der Waals surface area contributed by atoms with E-state index in [-0.39, 0.29) is 5.57 Å². The minimum Gasteiger partial charge on any atom is -0.478 e. The third kappa shape index (κ3) is 4.03. The van der Waals surface area contributed by atoms with E-state index in [4.69, 9.17) is 4.74 Å². The van der Waals surface area contributed by atoms with Crippen molar-refractivity contribution >= 4 is 17.2 Å². The molecule has 1 unspecified atom stereocenters. The Balaban J connectivity index is 2.57. The molecular formula is C19H24F3NO3. The van der Waals surface area contributed by atoms with E-state index in [0.717, 1.165) is 25.0 Å². The highest BCUT2D eigenvalue weighted by Gasteiger charge is 2.38. The van der Waals surface area contributed by atoms with Crippen LogP contribution in [0.3, 0.4) is 0 Å². The largest absolute Gasteiger partial charge is 0.478 e. The molecule has 1 aliphatic rings. The van der Waals surface area contributed by atoms with E-state index < -0.39 is 23.9 Å². The van der Waals surface area contributed by atoms with Crippen molar-refractivity contribution in [2.45, 2.75) is 46.0 Å². The number of allylic oxidation sites excluding steroid dienone is 1. The van der Waals surface area contributed by atoms with E-state index in [0.29, 0.717) is 29.3 Å². The van der Waals surface area contributed by atoms with Crippen LogP contribution >= 0.6 is 0 Å². The number of anilines is 1. The van der Waals surface area contributed by atoms with Crippen molar-refractivity contribution in [3.05, 3.63) is 34.9 Å². The molecule has 0 saturated carbocycles. The number of methoxy groups -OCH3 is 1. The van der Waals surface area contributed by atoms with Gasteiger partial charge in [-0.2, -0.15) is 13.2 Å². The second kappa shape index (κ2) is 7.70. The lowest BCUT2D eigenvalue weighted by Crippen LogP contribution is -2.44. The van der Waals surface area contributed by atoms with Gasteiger partial charge in [-0.25, -0.2) is 4.79 Å². The van der Waals surface area contributed by atoms with Gasteiger partial charge in [-0.3, -0.25) is 0 Å². The van der Waals surface area contributed by atoms with Crippen LogP contribution in [0.4, 0.5) is 18.9 Å². The van der Waals surface area contributed by atoms with Crippen LogP contribution in [0, 0.1) is 5.92 Å². The van der Waals surface area contributed by atoms with Crippen LogP contribution in [0.25, 0.3) is 5.57 Å². The molecule has 1 atom stereocenters. The highest BCUT2D eigenvalue weighted by Crippen LogP contribution is 2.42. The SMILES string of the molecule is COC1C(C(=O)O)=C(C)c2ccc(C(F)(F)F)cc2N1CCCC(C)C. The summed E-state index contributed by atoms with van der Waals surface area (Å²) in [7, 11) is 1.37. The first kappa shape index (κ1) is 20.3. The van der Waals surface area contributed by atoms with Crippen LogP contribution in [0.1, 0.15) is 44.7 Å². The molecule has 1 aliphatic heterocycles. The van der Waals surface area contributed by atoms with Gasteiger partial charge < -0.3 is 14.7 Å². The number of fused-ring (bicyclic) bond motifs is 1. The molecule has 2 rings (SSSR count). The van der Waals surface area contributed by atoms with Gasteiger partial charge in [0, 0.05) is 24.9 Å². The van der Waals surface area contributed by atoms with E-state index >= 15 is 0 Å². The Hall–Kier alpha value is -2.02. The van der Waals surface area contributed by atoms with Crippen molar-refractivity contribution in [3.8, 4) is 0 Å². The minimum absolute atomic E-state index is 0.0595. The van der Waals surface area contributed by atoms with E-state index in [9.17, 15) is 23.1 Å². The zero-order chi connectivity index (χ0) is 19.6. The van der Waals surface area contributed by atoms with Crippen molar-refractivity contribution < 1.29 is 27.8 Å². The minimum atomic E-state index is -4.47. The summed E-state index contributed by atoms with van der Waals surface area (Å²) in [5, 5.41) is 9.61. The molecule has 1 heterocycles. The summed E-state index contributed by atoms with van der Waals surface area (Å²) in [6, 6.07) is 3.41. The zero-order valence-electron chi connectivity index (χ0n) is 15.4. The number of rotatable bonds is 6. The van der Waals surface area contributed by atoms with Crippen molar-refractivity contribution in [3.63, 3.8) is 0 Å². The van der Waals surface area contributed by atoms with Crippen LogP contribution in [0.5, 0.6) is 0 Å². The number of hydrogen-bond donors (Lipinski definition) is 1. The van der Waals surface area contributed by atoms with Crippen LogP contribution in [0.15, 0.2) is 23.8 Å². The van der Waals surface area contributed by atoms with Gasteiger partial charge in [-0.15, -0.1) is 0 Å². The molecule has 0 saturated heterocycles. The summed E-state index contributed by atoms with van der Waals surface area (Å²) in [5.41, 5.74) is 0.579. The number of aliphatic carboxylic acids is 1. The Morgan fingerprint density at radius 2 is 2.00 bits per heavy atom. The van der Waals surface area contributed by atoms with E-state index in [1.165, 1.54) is 13.2 Å². The van der Waals surface area contributed by atoms with E-state index in [2.05, 4.69) is 13.8 Å². The number of halogens is 3. The highest BCUT2D eigenvalue weighted by molar-refractivity contribution is 6.01. The number of ether oxygens (including phenoxy) is 1. The summed E-state index contributed by atoms with van der Waals surface area (Å²) in [4.78, 5) is 13.4. The maximum absolute atomic E-state index is 13.2. The smallest absolute Gasteiger partial charge is 0.416 e. The fourth-order valence-corrected chi connectivity index (χ4v) is 3.29. The van der Waals surface area contributed by atoms with Crippen molar-refractivity contribution in [2.24, 2.45) is 5.92 Å². The number of carboxylic acid groups (broad SMARTS) is 1. The zero-order valence-corrected chi connectivity index (χ0v) is 15.4. The average Bonchev–Trinajstić information content (AvgIpc) is 2.54. The molecule has 0 fully saturated rings. The summed E-state index contributed by atoms with van der Waals surface area (Å²) in [5.74, 6) is -0.688. The third-order valence-electron chi connectivity index (χ3n) is 4.61. The number of nitrogens with zero attached hydrogens (tertiary/aromatic N) is 1. The lowest BCUT2D eigenvalue weighted by Gasteiger charge is -2.39. The number of benzene rings is 1. The quantitative estimate of drug-likeness (QED) is 0.781. The van der Waals surface area contributed by atoms with E-state index in [1.807, 2.05) is 0 Å². The van der Waals surface area contributed by atoms with Crippen LogP contribution in [-0.2, 0) is 15.7 Å². The lowest BCUT2D eigenvalue weighted by molar-refractivity contribution is -0.137. The van der Waals surface area contributed by atoms with Gasteiger partial charge in [0.05, 0.1) is 11.1 Å². The predicted molar refractivity (Wildman–Crippen MR) is 93.9 cm³/mol. The molecule has 0 spiro atoms. The number of hydrogen-bond acceptors (Lipinski definition) is 3. The molecule has 1 aromatic rings. The Morgan fingerprint density at radius 3 is 2.50 bits per heavy atom. The van der Waals surface area contributed by atoms with Gasteiger partial charge in [0.25, 0.3) is 0 Å². The van der Waals surface area contributed by atoms with Gasteiger partial charge >= 0.3 is 12.1 Å². The van der Waals surface area contributed by atoms with Crippen molar-refractivity contribution in [2.75, 3.05) is 18.6 Å². The fraction of sp³-hybridized carbons (Fsp3) is 0.526. The maximum Gasteiger partial charge on any atom is 0.416 e. The molecule has 7 heteroatoms. The number of carboxylic acids is 1. The van der Waals surface area contributed by atoms with Gasteiger partial charge in [0.1, 0.15) is 0 Å². The van der Waals surface area contributed by atoms with Gasteiger partial charge in [-0.1, -0.05) is 19.9 Å². The summed E-state index contributed by atoms with van der Waals surface area (Å²) >= 11 is 0. The Morgan fingerprint density at radius 1 is 1.35 bits per heavy atom. The Kier molecular flexibility index (Phi) is 6.01. The van der Waals surface area contributed by atoms with Crippen LogP contribution in [-0.4, -0.2) is 31.0 Å². The molecule has 1 N–H and O–H groups in total. The summed E-state index contributed by atoms with van der Waals surface area (Å²) < 4.78 is 44.9. The number of carbonyl (C=O) groups is 1. The molecule has 0 bridgehead atoms. The lowest BCUT2D eigenvalue weighted by atomic mass is 9.91. The summed E-state index contributed by atoms with van der Waals surface area (Å²) in [6.45, 7) is 6.14. The molecule has 1 aromatic carbocycles.